The average molecular weight is 432 g/mol. The van der Waals surface area contributed by atoms with E-state index >= 15 is 0 Å². The minimum absolute atomic E-state index is 0.135. The summed E-state index contributed by atoms with van der Waals surface area (Å²) in [6, 6.07) is 11.2. The molecule has 0 atom stereocenters. The van der Waals surface area contributed by atoms with Crippen molar-refractivity contribution in [3.8, 4) is 0 Å². The minimum atomic E-state index is -3.65. The number of hydrogen-bond acceptors (Lipinski definition) is 5. The molecule has 0 spiro atoms. The first kappa shape index (κ1) is 22.3. The van der Waals surface area contributed by atoms with Gasteiger partial charge in [-0.25, -0.2) is 13.1 Å². The van der Waals surface area contributed by atoms with Crippen molar-refractivity contribution in [1.29, 1.82) is 0 Å². The molecule has 1 aliphatic heterocycles. The molecule has 0 bridgehead atoms. The molecule has 1 heterocycles. The summed E-state index contributed by atoms with van der Waals surface area (Å²) in [5, 5.41) is 0. The Morgan fingerprint density at radius 2 is 1.83 bits per heavy atom. The molecular weight excluding hydrogens is 402 g/mol. The summed E-state index contributed by atoms with van der Waals surface area (Å²) in [5.41, 5.74) is 3.90. The molecule has 1 fully saturated rings. The fourth-order valence-electron chi connectivity index (χ4n) is 3.64. The van der Waals surface area contributed by atoms with Gasteiger partial charge in [0, 0.05) is 37.9 Å². The molecule has 3 rings (SSSR count). The van der Waals surface area contributed by atoms with Gasteiger partial charge in [-0.1, -0.05) is 18.2 Å². The Labute approximate surface area is 178 Å². The molecule has 0 aromatic heterocycles. The SMILES string of the molecule is CNS(=O)(=O)c1cc(C(=O)N(C)Cc2ccccc2N2CCOCC2)cc(C)c1C. The van der Waals surface area contributed by atoms with Gasteiger partial charge < -0.3 is 14.5 Å². The molecule has 162 valence electrons. The number of amides is 1. The predicted molar refractivity (Wildman–Crippen MR) is 117 cm³/mol. The zero-order valence-electron chi connectivity index (χ0n) is 17.9. The molecule has 2 aromatic carbocycles. The van der Waals surface area contributed by atoms with Crippen LogP contribution in [-0.4, -0.2) is 59.6 Å². The summed E-state index contributed by atoms with van der Waals surface area (Å²) >= 11 is 0. The number of benzene rings is 2. The number of para-hydroxylation sites is 1. The summed E-state index contributed by atoms with van der Waals surface area (Å²) in [6.07, 6.45) is 0. The van der Waals surface area contributed by atoms with Crippen LogP contribution < -0.4 is 9.62 Å². The Morgan fingerprint density at radius 3 is 2.50 bits per heavy atom. The molecule has 1 N–H and O–H groups in total. The Balaban J connectivity index is 1.87. The highest BCUT2D eigenvalue weighted by Crippen LogP contribution is 2.25. The van der Waals surface area contributed by atoms with Gasteiger partial charge in [0.25, 0.3) is 5.91 Å². The van der Waals surface area contributed by atoms with Gasteiger partial charge in [0.1, 0.15) is 0 Å². The van der Waals surface area contributed by atoms with Crippen LogP contribution in [0, 0.1) is 13.8 Å². The van der Waals surface area contributed by atoms with E-state index in [1.165, 1.54) is 13.1 Å². The number of nitrogens with one attached hydrogen (secondary N) is 1. The van der Waals surface area contributed by atoms with Crippen molar-refractivity contribution >= 4 is 21.6 Å². The van der Waals surface area contributed by atoms with E-state index in [1.807, 2.05) is 25.1 Å². The lowest BCUT2D eigenvalue weighted by Crippen LogP contribution is -2.37. The third kappa shape index (κ3) is 4.66. The number of carbonyl (C=O) groups excluding carboxylic acids is 1. The molecule has 8 heteroatoms. The first-order valence-electron chi connectivity index (χ1n) is 9.95. The summed E-state index contributed by atoms with van der Waals surface area (Å²) in [5.74, 6) is -0.220. The molecule has 0 saturated carbocycles. The maximum Gasteiger partial charge on any atom is 0.253 e. The molecule has 1 aliphatic rings. The molecule has 7 nitrogen and oxygen atoms in total. The minimum Gasteiger partial charge on any atom is -0.378 e. The molecule has 0 unspecified atom stereocenters. The number of aryl methyl sites for hydroxylation is 1. The number of rotatable bonds is 6. The van der Waals surface area contributed by atoms with Crippen LogP contribution in [0.2, 0.25) is 0 Å². The molecule has 0 aliphatic carbocycles. The predicted octanol–water partition coefficient (Wildman–Crippen LogP) is 2.32. The third-order valence-electron chi connectivity index (χ3n) is 5.52. The Morgan fingerprint density at radius 1 is 1.17 bits per heavy atom. The van der Waals surface area contributed by atoms with Crippen LogP contribution in [0.5, 0.6) is 0 Å². The topological polar surface area (TPSA) is 79.0 Å². The summed E-state index contributed by atoms with van der Waals surface area (Å²) < 4.78 is 32.5. The quantitative estimate of drug-likeness (QED) is 0.759. The van der Waals surface area contributed by atoms with Crippen molar-refractivity contribution in [2.24, 2.45) is 0 Å². The number of nitrogens with zero attached hydrogens (tertiary/aromatic N) is 2. The number of carbonyl (C=O) groups is 1. The van der Waals surface area contributed by atoms with Crippen molar-refractivity contribution in [3.05, 3.63) is 58.7 Å². The van der Waals surface area contributed by atoms with Crippen molar-refractivity contribution in [2.45, 2.75) is 25.3 Å². The summed E-state index contributed by atoms with van der Waals surface area (Å²) in [4.78, 5) is 17.2. The number of morpholine rings is 1. The lowest BCUT2D eigenvalue weighted by molar-refractivity contribution is 0.0784. The highest BCUT2D eigenvalue weighted by molar-refractivity contribution is 7.89. The van der Waals surface area contributed by atoms with Crippen LogP contribution in [0.4, 0.5) is 5.69 Å². The van der Waals surface area contributed by atoms with E-state index in [9.17, 15) is 13.2 Å². The van der Waals surface area contributed by atoms with Crippen LogP contribution in [0.3, 0.4) is 0 Å². The fraction of sp³-hybridized carbons (Fsp3) is 0.409. The maximum atomic E-state index is 13.1. The zero-order chi connectivity index (χ0) is 21.9. The van der Waals surface area contributed by atoms with Gasteiger partial charge >= 0.3 is 0 Å². The second-order valence-corrected chi connectivity index (χ2v) is 9.37. The summed E-state index contributed by atoms with van der Waals surface area (Å²) in [7, 11) is -0.548. The number of anilines is 1. The average Bonchev–Trinajstić information content (AvgIpc) is 2.75. The van der Waals surface area contributed by atoms with Crippen LogP contribution >= 0.6 is 0 Å². The molecule has 1 amide bonds. The standard InChI is InChI=1S/C22H29N3O4S/c1-16-13-19(14-21(17(16)2)30(27,28)23-3)22(26)24(4)15-18-7-5-6-8-20(18)25-9-11-29-12-10-25/h5-8,13-14,23H,9-12,15H2,1-4H3. The first-order valence-corrected chi connectivity index (χ1v) is 11.4. The fourth-order valence-corrected chi connectivity index (χ4v) is 4.71. The molecule has 1 saturated heterocycles. The number of hydrogen-bond donors (Lipinski definition) is 1. The largest absolute Gasteiger partial charge is 0.378 e. The van der Waals surface area contributed by atoms with Crippen molar-refractivity contribution < 1.29 is 17.9 Å². The van der Waals surface area contributed by atoms with Gasteiger partial charge in [-0.05, 0) is 55.8 Å². The lowest BCUT2D eigenvalue weighted by Gasteiger charge is -2.31. The third-order valence-corrected chi connectivity index (χ3v) is 7.06. The van der Waals surface area contributed by atoms with E-state index in [0.29, 0.717) is 30.9 Å². The Kier molecular flexibility index (Phi) is 6.80. The van der Waals surface area contributed by atoms with Gasteiger partial charge in [-0.3, -0.25) is 4.79 Å². The van der Waals surface area contributed by atoms with Crippen LogP contribution in [0.25, 0.3) is 0 Å². The van der Waals surface area contributed by atoms with Crippen LogP contribution in [-0.2, 0) is 21.3 Å². The highest BCUT2D eigenvalue weighted by atomic mass is 32.2. The van der Waals surface area contributed by atoms with E-state index in [0.717, 1.165) is 29.9 Å². The second kappa shape index (κ2) is 9.16. The molecular formula is C22H29N3O4S. The first-order chi connectivity index (χ1) is 14.2. The Hall–Kier alpha value is -2.42. The smallest absolute Gasteiger partial charge is 0.253 e. The van der Waals surface area contributed by atoms with Gasteiger partial charge in [-0.15, -0.1) is 0 Å². The van der Waals surface area contributed by atoms with Crippen LogP contribution in [0.15, 0.2) is 41.3 Å². The highest BCUT2D eigenvalue weighted by Gasteiger charge is 2.22. The molecule has 2 aromatic rings. The van der Waals surface area contributed by atoms with Crippen molar-refractivity contribution in [1.82, 2.24) is 9.62 Å². The number of sulfonamides is 1. The van der Waals surface area contributed by atoms with Crippen molar-refractivity contribution in [3.63, 3.8) is 0 Å². The lowest BCUT2D eigenvalue weighted by atomic mass is 10.0. The van der Waals surface area contributed by atoms with E-state index in [1.54, 1.807) is 24.9 Å². The number of ether oxygens (including phenoxy) is 1. The molecule has 30 heavy (non-hydrogen) atoms. The second-order valence-electron chi connectivity index (χ2n) is 7.51. The van der Waals surface area contributed by atoms with Gasteiger partial charge in [0.15, 0.2) is 0 Å². The van der Waals surface area contributed by atoms with Crippen LogP contribution in [0.1, 0.15) is 27.0 Å². The maximum absolute atomic E-state index is 13.1. The summed E-state index contributed by atoms with van der Waals surface area (Å²) in [6.45, 7) is 7.00. The van der Waals surface area contributed by atoms with Gasteiger partial charge in [-0.2, -0.15) is 0 Å². The van der Waals surface area contributed by atoms with E-state index in [4.69, 9.17) is 4.74 Å². The van der Waals surface area contributed by atoms with E-state index < -0.39 is 10.0 Å². The molecule has 0 radical (unpaired) electrons. The van der Waals surface area contributed by atoms with Gasteiger partial charge in [0.2, 0.25) is 10.0 Å². The van der Waals surface area contributed by atoms with E-state index in [2.05, 4.69) is 15.7 Å². The monoisotopic (exact) mass is 431 g/mol. The van der Waals surface area contributed by atoms with Crippen molar-refractivity contribution in [2.75, 3.05) is 45.3 Å². The van der Waals surface area contributed by atoms with Gasteiger partial charge in [0.05, 0.1) is 18.1 Å². The zero-order valence-corrected chi connectivity index (χ0v) is 18.8. The Bertz CT molecular complexity index is 1030. The normalized spacial score (nSPS) is 14.6. The van der Waals surface area contributed by atoms with E-state index in [-0.39, 0.29) is 10.8 Å².